The molecule has 1 aliphatic carbocycles. The molecule has 1 saturated carbocycles. The smallest absolute Gasteiger partial charge is 0.317 e. The highest BCUT2D eigenvalue weighted by Gasteiger charge is 2.29. The van der Waals surface area contributed by atoms with Crippen molar-refractivity contribution in [2.45, 2.75) is 58.0 Å². The average molecular weight is 286 g/mol. The number of aliphatic hydroxyl groups excluding tert-OH is 1. The van der Waals surface area contributed by atoms with Gasteiger partial charge in [0.15, 0.2) is 0 Å². The Balaban J connectivity index is 2.52. The number of hydrogen-bond donors (Lipinski definition) is 3. The Kier molecular flexibility index (Phi) is 6.78. The molecule has 0 aromatic heterocycles. The molecule has 2 amide bonds. The van der Waals surface area contributed by atoms with Gasteiger partial charge < -0.3 is 20.4 Å². The standard InChI is InChI=1S/C14H26N2O4/c1-10(2)16(7-4-8-17)14(20)15-12-6-3-5-11(9-12)13(18)19/h10-12,17H,3-9H2,1-2H3,(H,15,20)(H,18,19). The topological polar surface area (TPSA) is 89.9 Å². The summed E-state index contributed by atoms with van der Waals surface area (Å²) in [4.78, 5) is 24.9. The molecule has 2 unspecified atom stereocenters. The second-order valence-electron chi connectivity index (χ2n) is 5.71. The van der Waals surface area contributed by atoms with Crippen molar-refractivity contribution in [1.82, 2.24) is 10.2 Å². The van der Waals surface area contributed by atoms with Gasteiger partial charge in [0.25, 0.3) is 0 Å². The minimum Gasteiger partial charge on any atom is -0.481 e. The largest absolute Gasteiger partial charge is 0.481 e. The number of carboxylic acids is 1. The van der Waals surface area contributed by atoms with Gasteiger partial charge in [-0.2, -0.15) is 0 Å². The van der Waals surface area contributed by atoms with E-state index in [1.807, 2.05) is 13.8 Å². The molecule has 1 rings (SSSR count). The molecule has 116 valence electrons. The van der Waals surface area contributed by atoms with Crippen molar-refractivity contribution >= 4 is 12.0 Å². The SMILES string of the molecule is CC(C)N(CCCO)C(=O)NC1CCCC(C(=O)O)C1. The van der Waals surface area contributed by atoms with Crippen LogP contribution in [0.2, 0.25) is 0 Å². The summed E-state index contributed by atoms with van der Waals surface area (Å²) in [6.45, 7) is 4.42. The summed E-state index contributed by atoms with van der Waals surface area (Å²) in [5.74, 6) is -1.12. The average Bonchev–Trinajstić information content (AvgIpc) is 2.39. The molecule has 20 heavy (non-hydrogen) atoms. The van der Waals surface area contributed by atoms with Gasteiger partial charge in [0.2, 0.25) is 0 Å². The monoisotopic (exact) mass is 286 g/mol. The number of nitrogens with zero attached hydrogens (tertiary/aromatic N) is 1. The number of aliphatic carboxylic acids is 1. The van der Waals surface area contributed by atoms with Gasteiger partial charge >= 0.3 is 12.0 Å². The summed E-state index contributed by atoms with van der Waals surface area (Å²) < 4.78 is 0. The van der Waals surface area contributed by atoms with Gasteiger partial charge in [0.05, 0.1) is 5.92 Å². The van der Waals surface area contributed by atoms with E-state index in [1.165, 1.54) is 0 Å². The maximum atomic E-state index is 12.2. The second kappa shape index (κ2) is 8.09. The van der Waals surface area contributed by atoms with Crippen LogP contribution in [-0.2, 0) is 4.79 Å². The van der Waals surface area contributed by atoms with Crippen molar-refractivity contribution in [2.75, 3.05) is 13.2 Å². The third-order valence-electron chi connectivity index (χ3n) is 3.79. The summed E-state index contributed by atoms with van der Waals surface area (Å²) in [7, 11) is 0. The first kappa shape index (κ1) is 16.8. The van der Waals surface area contributed by atoms with E-state index in [0.29, 0.717) is 25.8 Å². The van der Waals surface area contributed by atoms with Gasteiger partial charge in [0.1, 0.15) is 0 Å². The molecule has 6 nitrogen and oxygen atoms in total. The first-order chi connectivity index (χ1) is 9.45. The summed E-state index contributed by atoms with van der Waals surface area (Å²) >= 11 is 0. The molecule has 1 fully saturated rings. The summed E-state index contributed by atoms with van der Waals surface area (Å²) in [5, 5.41) is 20.9. The number of aliphatic hydroxyl groups is 1. The Bertz CT molecular complexity index is 333. The van der Waals surface area contributed by atoms with Gasteiger partial charge in [-0.05, 0) is 39.5 Å². The number of carbonyl (C=O) groups excluding carboxylic acids is 1. The highest BCUT2D eigenvalue weighted by atomic mass is 16.4. The van der Waals surface area contributed by atoms with E-state index in [1.54, 1.807) is 4.90 Å². The third-order valence-corrected chi connectivity index (χ3v) is 3.79. The predicted molar refractivity (Wildman–Crippen MR) is 75.5 cm³/mol. The quantitative estimate of drug-likeness (QED) is 0.689. The molecular weight excluding hydrogens is 260 g/mol. The van der Waals surface area contributed by atoms with Crippen molar-refractivity contribution in [3.63, 3.8) is 0 Å². The first-order valence-electron chi connectivity index (χ1n) is 7.36. The lowest BCUT2D eigenvalue weighted by Crippen LogP contribution is -2.49. The number of nitrogens with one attached hydrogen (secondary N) is 1. The van der Waals surface area contributed by atoms with E-state index in [-0.39, 0.29) is 30.6 Å². The van der Waals surface area contributed by atoms with Crippen molar-refractivity contribution in [3.8, 4) is 0 Å². The van der Waals surface area contributed by atoms with Crippen LogP contribution in [0.15, 0.2) is 0 Å². The lowest BCUT2D eigenvalue weighted by Gasteiger charge is -2.32. The zero-order valence-electron chi connectivity index (χ0n) is 12.3. The van der Waals surface area contributed by atoms with Crippen molar-refractivity contribution < 1.29 is 19.8 Å². The predicted octanol–water partition coefficient (Wildman–Crippen LogP) is 1.43. The van der Waals surface area contributed by atoms with Crippen molar-refractivity contribution in [1.29, 1.82) is 0 Å². The highest BCUT2D eigenvalue weighted by Crippen LogP contribution is 2.24. The zero-order chi connectivity index (χ0) is 15.1. The Hall–Kier alpha value is -1.30. The minimum atomic E-state index is -0.773. The maximum absolute atomic E-state index is 12.2. The number of carbonyl (C=O) groups is 2. The van der Waals surface area contributed by atoms with Crippen LogP contribution in [0.1, 0.15) is 46.0 Å². The molecule has 0 heterocycles. The Morgan fingerprint density at radius 2 is 2.05 bits per heavy atom. The van der Waals surface area contributed by atoms with Gasteiger partial charge in [-0.3, -0.25) is 4.79 Å². The number of rotatable bonds is 6. The molecule has 2 atom stereocenters. The van der Waals surface area contributed by atoms with E-state index in [0.717, 1.165) is 12.8 Å². The van der Waals surface area contributed by atoms with Crippen LogP contribution < -0.4 is 5.32 Å². The van der Waals surface area contributed by atoms with E-state index in [2.05, 4.69) is 5.32 Å². The zero-order valence-corrected chi connectivity index (χ0v) is 12.3. The van der Waals surface area contributed by atoms with Crippen LogP contribution in [-0.4, -0.2) is 52.3 Å². The van der Waals surface area contributed by atoms with Crippen LogP contribution in [0.3, 0.4) is 0 Å². The van der Waals surface area contributed by atoms with Crippen LogP contribution >= 0.6 is 0 Å². The summed E-state index contributed by atoms with van der Waals surface area (Å²) in [6.07, 6.45) is 3.42. The lowest BCUT2D eigenvalue weighted by atomic mass is 9.86. The van der Waals surface area contributed by atoms with E-state index < -0.39 is 5.97 Å². The Morgan fingerprint density at radius 1 is 1.35 bits per heavy atom. The fourth-order valence-corrected chi connectivity index (χ4v) is 2.64. The van der Waals surface area contributed by atoms with E-state index >= 15 is 0 Å². The van der Waals surface area contributed by atoms with Crippen molar-refractivity contribution in [2.24, 2.45) is 5.92 Å². The molecule has 0 aromatic rings. The number of amides is 2. The number of carboxylic acid groups (broad SMARTS) is 1. The summed E-state index contributed by atoms with van der Waals surface area (Å²) in [6, 6.07) is -0.169. The van der Waals surface area contributed by atoms with Gasteiger partial charge in [-0.25, -0.2) is 4.79 Å². The van der Waals surface area contributed by atoms with Crippen molar-refractivity contribution in [3.05, 3.63) is 0 Å². The second-order valence-corrected chi connectivity index (χ2v) is 5.71. The van der Waals surface area contributed by atoms with Crippen LogP contribution in [0.4, 0.5) is 4.79 Å². The van der Waals surface area contributed by atoms with Crippen LogP contribution in [0.25, 0.3) is 0 Å². The molecule has 6 heteroatoms. The molecule has 0 bridgehead atoms. The van der Waals surface area contributed by atoms with Gasteiger partial charge in [-0.15, -0.1) is 0 Å². The molecule has 3 N–H and O–H groups in total. The third kappa shape index (κ3) is 5.00. The molecule has 0 saturated heterocycles. The molecule has 0 aliphatic heterocycles. The van der Waals surface area contributed by atoms with Gasteiger partial charge in [-0.1, -0.05) is 6.42 Å². The number of urea groups is 1. The van der Waals surface area contributed by atoms with E-state index in [4.69, 9.17) is 10.2 Å². The van der Waals surface area contributed by atoms with Crippen LogP contribution in [0, 0.1) is 5.92 Å². The highest BCUT2D eigenvalue weighted by molar-refractivity contribution is 5.75. The molecule has 0 spiro atoms. The van der Waals surface area contributed by atoms with Crippen LogP contribution in [0.5, 0.6) is 0 Å². The minimum absolute atomic E-state index is 0.0559. The van der Waals surface area contributed by atoms with E-state index in [9.17, 15) is 9.59 Å². The Labute approximate surface area is 120 Å². The maximum Gasteiger partial charge on any atom is 0.317 e. The molecule has 1 aliphatic rings. The lowest BCUT2D eigenvalue weighted by molar-refractivity contribution is -0.143. The summed E-state index contributed by atoms with van der Waals surface area (Å²) in [5.41, 5.74) is 0. The molecule has 0 aromatic carbocycles. The fraction of sp³-hybridized carbons (Fsp3) is 0.857. The van der Waals surface area contributed by atoms with Gasteiger partial charge in [0, 0.05) is 25.2 Å². The molecular formula is C14H26N2O4. The molecule has 0 radical (unpaired) electrons. The Morgan fingerprint density at radius 3 is 2.60 bits per heavy atom. The number of hydrogen-bond acceptors (Lipinski definition) is 3. The first-order valence-corrected chi connectivity index (χ1v) is 7.36. The fourth-order valence-electron chi connectivity index (χ4n) is 2.64. The normalized spacial score (nSPS) is 22.6.